The first-order valence-electron chi connectivity index (χ1n) is 12.6. The number of esters is 2. The van der Waals surface area contributed by atoms with Gasteiger partial charge in [-0.1, -0.05) is 42.8 Å². The number of ether oxygens (including phenoxy) is 2. The largest absolute Gasteiger partial charge is 0.462 e. The summed E-state index contributed by atoms with van der Waals surface area (Å²) in [5, 5.41) is 2.63. The number of rotatable bonds is 9. The lowest BCUT2D eigenvalue weighted by Crippen LogP contribution is -2.35. The monoisotopic (exact) mass is 570 g/mol. The molecular weight excluding hydrogens is 540 g/mol. The Labute approximate surface area is 231 Å². The first kappa shape index (κ1) is 28.5. The van der Waals surface area contributed by atoms with Crippen LogP contribution in [0.2, 0.25) is 0 Å². The van der Waals surface area contributed by atoms with Crippen molar-refractivity contribution in [3.63, 3.8) is 0 Å². The molecule has 206 valence electrons. The van der Waals surface area contributed by atoms with Crippen molar-refractivity contribution in [3.05, 3.63) is 70.6 Å². The van der Waals surface area contributed by atoms with Crippen LogP contribution in [0.4, 0.5) is 5.69 Å². The number of carbonyl (C=O) groups is 3. The lowest BCUT2D eigenvalue weighted by Gasteiger charge is -2.26. The Morgan fingerprint density at radius 1 is 0.949 bits per heavy atom. The standard InChI is InChI=1S/C28H30N2O7S2/c1-3-36-28(33)26-23(17-24(38-26)20-10-6-4-7-11-20)29-25(31)18-37-27(32)22-16-21(13-12-19(22)2)39(34,35)30-14-8-5-9-15-30/h4,6-7,10-13,16-17H,3,5,8-9,14-15,18H2,1-2H3,(H,29,31). The van der Waals surface area contributed by atoms with E-state index in [0.29, 0.717) is 18.7 Å². The molecule has 3 aromatic rings. The molecular formula is C28H30N2O7S2. The van der Waals surface area contributed by atoms with Crippen LogP contribution in [0.15, 0.2) is 59.5 Å². The topological polar surface area (TPSA) is 119 Å². The summed E-state index contributed by atoms with van der Waals surface area (Å²) < 4.78 is 37.9. The normalized spacial score (nSPS) is 14.0. The number of hydrogen-bond acceptors (Lipinski definition) is 8. The predicted molar refractivity (Wildman–Crippen MR) is 148 cm³/mol. The summed E-state index contributed by atoms with van der Waals surface area (Å²) in [6.07, 6.45) is 2.58. The Bertz CT molecular complexity index is 1460. The Morgan fingerprint density at radius 2 is 1.67 bits per heavy atom. The Balaban J connectivity index is 1.46. The van der Waals surface area contributed by atoms with Crippen LogP contribution >= 0.6 is 11.3 Å². The van der Waals surface area contributed by atoms with E-state index in [0.717, 1.165) is 29.7 Å². The van der Waals surface area contributed by atoms with Gasteiger partial charge < -0.3 is 14.8 Å². The number of nitrogens with one attached hydrogen (secondary N) is 1. The second-order valence-corrected chi connectivity index (χ2v) is 12.0. The molecule has 0 aliphatic carbocycles. The van der Waals surface area contributed by atoms with Gasteiger partial charge in [-0.3, -0.25) is 4.79 Å². The molecule has 0 unspecified atom stereocenters. The fourth-order valence-corrected chi connectivity index (χ4v) is 6.76. The molecule has 2 heterocycles. The quantitative estimate of drug-likeness (QED) is 0.365. The van der Waals surface area contributed by atoms with Crippen molar-refractivity contribution >= 4 is 44.9 Å². The molecule has 1 fully saturated rings. The van der Waals surface area contributed by atoms with E-state index in [1.54, 1.807) is 26.0 Å². The van der Waals surface area contributed by atoms with Crippen molar-refractivity contribution in [2.24, 2.45) is 0 Å². The zero-order valence-corrected chi connectivity index (χ0v) is 23.4. The summed E-state index contributed by atoms with van der Waals surface area (Å²) in [5.74, 6) is -2.04. The molecule has 1 aliphatic rings. The Hall–Kier alpha value is -3.54. The minimum absolute atomic E-state index is 0.0113. The van der Waals surface area contributed by atoms with Crippen LogP contribution in [-0.4, -0.2) is 56.9 Å². The van der Waals surface area contributed by atoms with Crippen molar-refractivity contribution in [1.82, 2.24) is 4.31 Å². The number of hydrogen-bond donors (Lipinski definition) is 1. The summed E-state index contributed by atoms with van der Waals surface area (Å²) >= 11 is 1.18. The molecule has 9 nitrogen and oxygen atoms in total. The van der Waals surface area contributed by atoms with E-state index in [4.69, 9.17) is 9.47 Å². The fourth-order valence-electron chi connectivity index (χ4n) is 4.21. The van der Waals surface area contributed by atoms with E-state index < -0.39 is 34.5 Å². The van der Waals surface area contributed by atoms with E-state index >= 15 is 0 Å². The zero-order valence-electron chi connectivity index (χ0n) is 21.8. The van der Waals surface area contributed by atoms with Gasteiger partial charge in [0.25, 0.3) is 5.91 Å². The van der Waals surface area contributed by atoms with Gasteiger partial charge in [-0.05, 0) is 56.0 Å². The third-order valence-corrected chi connectivity index (χ3v) is 9.30. The predicted octanol–water partition coefficient (Wildman–Crippen LogP) is 4.87. The minimum Gasteiger partial charge on any atom is -0.462 e. The number of aryl methyl sites for hydroxylation is 1. The lowest BCUT2D eigenvalue weighted by molar-refractivity contribution is -0.119. The maximum Gasteiger partial charge on any atom is 0.350 e. The van der Waals surface area contributed by atoms with Gasteiger partial charge >= 0.3 is 11.9 Å². The molecule has 1 N–H and O–H groups in total. The smallest absolute Gasteiger partial charge is 0.350 e. The van der Waals surface area contributed by atoms with Gasteiger partial charge in [0.1, 0.15) is 4.88 Å². The molecule has 1 aromatic heterocycles. The van der Waals surface area contributed by atoms with Crippen LogP contribution in [0, 0.1) is 6.92 Å². The van der Waals surface area contributed by atoms with Crippen LogP contribution in [0.1, 0.15) is 51.8 Å². The van der Waals surface area contributed by atoms with Gasteiger partial charge in [-0.15, -0.1) is 11.3 Å². The fraction of sp³-hybridized carbons (Fsp3) is 0.321. The number of amides is 1. The summed E-state index contributed by atoms with van der Waals surface area (Å²) in [4.78, 5) is 39.0. The van der Waals surface area contributed by atoms with Crippen molar-refractivity contribution in [3.8, 4) is 10.4 Å². The number of sulfonamides is 1. The van der Waals surface area contributed by atoms with E-state index in [-0.39, 0.29) is 27.6 Å². The molecule has 0 saturated carbocycles. The van der Waals surface area contributed by atoms with Crippen LogP contribution in [-0.2, 0) is 24.3 Å². The molecule has 1 aliphatic heterocycles. The summed E-state index contributed by atoms with van der Waals surface area (Å²) in [6.45, 7) is 3.79. The van der Waals surface area contributed by atoms with Crippen LogP contribution in [0.5, 0.6) is 0 Å². The van der Waals surface area contributed by atoms with Crippen LogP contribution < -0.4 is 5.32 Å². The zero-order chi connectivity index (χ0) is 28.0. The second kappa shape index (κ2) is 12.5. The highest BCUT2D eigenvalue weighted by Gasteiger charge is 2.27. The molecule has 0 spiro atoms. The van der Waals surface area contributed by atoms with Gasteiger partial charge in [0.2, 0.25) is 10.0 Å². The molecule has 2 aromatic carbocycles. The van der Waals surface area contributed by atoms with Crippen molar-refractivity contribution in [2.75, 3.05) is 31.6 Å². The first-order chi connectivity index (χ1) is 18.7. The number of anilines is 1. The average Bonchev–Trinajstić information content (AvgIpc) is 3.36. The van der Waals surface area contributed by atoms with E-state index in [2.05, 4.69) is 5.32 Å². The summed E-state index contributed by atoms with van der Waals surface area (Å²) in [7, 11) is -3.74. The van der Waals surface area contributed by atoms with Gasteiger partial charge in [0, 0.05) is 18.0 Å². The highest BCUT2D eigenvalue weighted by Crippen LogP contribution is 2.35. The summed E-state index contributed by atoms with van der Waals surface area (Å²) in [6, 6.07) is 15.4. The molecule has 1 saturated heterocycles. The van der Waals surface area contributed by atoms with Gasteiger partial charge in [0.15, 0.2) is 6.61 Å². The van der Waals surface area contributed by atoms with Crippen molar-refractivity contribution < 1.29 is 32.3 Å². The lowest BCUT2D eigenvalue weighted by atomic mass is 10.1. The highest BCUT2D eigenvalue weighted by atomic mass is 32.2. The minimum atomic E-state index is -3.74. The van der Waals surface area contributed by atoms with E-state index in [9.17, 15) is 22.8 Å². The van der Waals surface area contributed by atoms with Gasteiger partial charge in [-0.2, -0.15) is 4.31 Å². The Morgan fingerprint density at radius 3 is 2.36 bits per heavy atom. The molecule has 0 bridgehead atoms. The third kappa shape index (κ3) is 6.73. The Kier molecular flexibility index (Phi) is 9.16. The van der Waals surface area contributed by atoms with Gasteiger partial charge in [-0.25, -0.2) is 18.0 Å². The third-order valence-electron chi connectivity index (χ3n) is 6.24. The first-order valence-corrected chi connectivity index (χ1v) is 14.9. The number of carbonyl (C=O) groups excluding carboxylic acids is 3. The SMILES string of the molecule is CCOC(=O)c1sc(-c2ccccc2)cc1NC(=O)COC(=O)c1cc(S(=O)(=O)N2CCCCC2)ccc1C. The molecule has 4 rings (SSSR count). The van der Waals surface area contributed by atoms with Crippen LogP contribution in [0.3, 0.4) is 0 Å². The molecule has 0 atom stereocenters. The molecule has 11 heteroatoms. The molecule has 0 radical (unpaired) electrons. The highest BCUT2D eigenvalue weighted by molar-refractivity contribution is 7.89. The van der Waals surface area contributed by atoms with E-state index in [1.165, 1.54) is 27.8 Å². The molecule has 39 heavy (non-hydrogen) atoms. The maximum atomic E-state index is 13.1. The summed E-state index contributed by atoms with van der Waals surface area (Å²) in [5.41, 5.74) is 1.71. The van der Waals surface area contributed by atoms with Crippen LogP contribution in [0.25, 0.3) is 10.4 Å². The number of nitrogens with zero attached hydrogens (tertiary/aromatic N) is 1. The number of benzene rings is 2. The second-order valence-electron chi connectivity index (χ2n) is 9.01. The van der Waals surface area contributed by atoms with Crippen molar-refractivity contribution in [2.45, 2.75) is 38.0 Å². The number of thiophene rings is 1. The average molecular weight is 571 g/mol. The van der Waals surface area contributed by atoms with Crippen molar-refractivity contribution in [1.29, 1.82) is 0 Å². The maximum absolute atomic E-state index is 13.1. The number of piperidine rings is 1. The van der Waals surface area contributed by atoms with E-state index in [1.807, 2.05) is 30.3 Å². The molecule has 1 amide bonds. The van der Waals surface area contributed by atoms with Gasteiger partial charge in [0.05, 0.1) is 22.8 Å².